The predicted molar refractivity (Wildman–Crippen MR) is 87.0 cm³/mol. The van der Waals surface area contributed by atoms with Gasteiger partial charge in [-0.15, -0.1) is 0 Å². The maximum Gasteiger partial charge on any atom is 0.265 e. The molecule has 5 nitrogen and oxygen atoms in total. The smallest absolute Gasteiger partial charge is 0.265 e. The van der Waals surface area contributed by atoms with E-state index in [2.05, 4.69) is 0 Å². The zero-order valence-electron chi connectivity index (χ0n) is 11.5. The van der Waals surface area contributed by atoms with E-state index in [4.69, 9.17) is 28.9 Å². The third-order valence-corrected chi connectivity index (χ3v) is 5.55. The van der Waals surface area contributed by atoms with Crippen molar-refractivity contribution in [2.75, 3.05) is 11.4 Å². The highest BCUT2D eigenvalue weighted by Crippen LogP contribution is 2.29. The molecule has 0 bridgehead atoms. The van der Waals surface area contributed by atoms with Gasteiger partial charge in [-0.25, -0.2) is 8.42 Å². The molecule has 0 fully saturated rings. The van der Waals surface area contributed by atoms with Gasteiger partial charge in [0.25, 0.3) is 10.0 Å². The van der Waals surface area contributed by atoms with E-state index >= 15 is 0 Å². The van der Waals surface area contributed by atoms with E-state index < -0.39 is 15.9 Å². The lowest BCUT2D eigenvalue weighted by Gasteiger charge is -2.20. The summed E-state index contributed by atoms with van der Waals surface area (Å²) in [5.41, 5.74) is 5.81. The van der Waals surface area contributed by atoms with Gasteiger partial charge >= 0.3 is 0 Å². The van der Waals surface area contributed by atoms with Crippen molar-refractivity contribution in [2.24, 2.45) is 5.73 Å². The summed E-state index contributed by atoms with van der Waals surface area (Å²) in [5.74, 6) is -0.585. The summed E-state index contributed by atoms with van der Waals surface area (Å²) in [5, 5.41) is 0.380. The third-order valence-electron chi connectivity index (χ3n) is 3.05. The minimum absolute atomic E-state index is 0.0353. The molecule has 2 N–H and O–H groups in total. The maximum atomic E-state index is 12.6. The molecule has 2 aromatic carbocycles. The highest BCUT2D eigenvalue weighted by Gasteiger charge is 2.24. The van der Waals surface area contributed by atoms with Crippen molar-refractivity contribution in [3.8, 4) is 0 Å². The van der Waals surface area contributed by atoms with Crippen LogP contribution in [0.15, 0.2) is 47.4 Å². The Hall–Kier alpha value is -1.76. The number of hydrogen-bond acceptors (Lipinski definition) is 3. The van der Waals surface area contributed by atoms with Gasteiger partial charge in [-0.05, 0) is 42.5 Å². The fraction of sp³-hybridized carbons (Fsp3) is 0.0714. The molecular weight excluding hydrogens is 347 g/mol. The Kier molecular flexibility index (Phi) is 4.65. The molecule has 0 saturated carbocycles. The van der Waals surface area contributed by atoms with Gasteiger partial charge in [-0.3, -0.25) is 9.10 Å². The average Bonchev–Trinajstić information content (AvgIpc) is 2.46. The lowest BCUT2D eigenvalue weighted by Crippen LogP contribution is -2.27. The molecule has 116 valence electrons. The minimum Gasteiger partial charge on any atom is -0.366 e. The van der Waals surface area contributed by atoms with Gasteiger partial charge < -0.3 is 5.73 Å². The molecule has 0 aliphatic heterocycles. The Bertz CT molecular complexity index is 820. The van der Waals surface area contributed by atoms with E-state index in [0.717, 1.165) is 4.31 Å². The molecule has 8 heteroatoms. The van der Waals surface area contributed by atoms with E-state index in [9.17, 15) is 13.2 Å². The van der Waals surface area contributed by atoms with E-state index in [0.29, 0.717) is 16.3 Å². The van der Waals surface area contributed by atoms with Crippen LogP contribution in [0.25, 0.3) is 0 Å². The summed E-state index contributed by atoms with van der Waals surface area (Å²) in [6.45, 7) is 0. The van der Waals surface area contributed by atoms with Crippen molar-refractivity contribution < 1.29 is 13.2 Å². The number of benzene rings is 2. The molecule has 0 radical (unpaired) electrons. The molecule has 2 aromatic rings. The Morgan fingerprint density at radius 3 is 2.18 bits per heavy atom. The second kappa shape index (κ2) is 6.16. The van der Waals surface area contributed by atoms with Crippen LogP contribution in [0, 0.1) is 0 Å². The molecule has 0 saturated heterocycles. The van der Waals surface area contributed by atoms with Crippen LogP contribution in [0.3, 0.4) is 0 Å². The fourth-order valence-electron chi connectivity index (χ4n) is 1.81. The minimum atomic E-state index is -3.85. The van der Waals surface area contributed by atoms with Crippen LogP contribution in [-0.4, -0.2) is 21.4 Å². The van der Waals surface area contributed by atoms with Gasteiger partial charge in [-0.2, -0.15) is 0 Å². The number of nitrogens with two attached hydrogens (primary N) is 1. The second-order valence-electron chi connectivity index (χ2n) is 4.46. The lowest BCUT2D eigenvalue weighted by atomic mass is 10.2. The van der Waals surface area contributed by atoms with Crippen LogP contribution in [0.2, 0.25) is 10.0 Å². The van der Waals surface area contributed by atoms with Crippen LogP contribution < -0.4 is 10.0 Å². The number of hydrogen-bond donors (Lipinski definition) is 1. The van der Waals surface area contributed by atoms with Crippen LogP contribution in [-0.2, 0) is 10.0 Å². The summed E-state index contributed by atoms with van der Waals surface area (Å²) in [7, 11) is -2.46. The molecule has 0 heterocycles. The molecule has 2 rings (SSSR count). The number of nitrogens with zero attached hydrogens (tertiary/aromatic N) is 1. The van der Waals surface area contributed by atoms with E-state index in [-0.39, 0.29) is 9.92 Å². The Morgan fingerprint density at radius 1 is 1.09 bits per heavy atom. The number of halogens is 2. The summed E-state index contributed by atoms with van der Waals surface area (Å²) < 4.78 is 26.2. The summed E-state index contributed by atoms with van der Waals surface area (Å²) in [6.07, 6.45) is 0. The van der Waals surface area contributed by atoms with Crippen molar-refractivity contribution in [1.82, 2.24) is 0 Å². The molecular formula is C14H12Cl2N2O3S. The molecule has 0 atom stereocenters. The quantitative estimate of drug-likeness (QED) is 0.912. The van der Waals surface area contributed by atoms with Crippen LogP contribution in [0.5, 0.6) is 0 Å². The molecule has 0 unspecified atom stereocenters. The summed E-state index contributed by atoms with van der Waals surface area (Å²) in [6, 6.07) is 10.0. The van der Waals surface area contributed by atoms with Gasteiger partial charge in [0.05, 0.1) is 10.7 Å². The Labute approximate surface area is 138 Å². The number of carbonyl (C=O) groups is 1. The van der Waals surface area contributed by atoms with Crippen molar-refractivity contribution in [2.45, 2.75) is 4.90 Å². The highest BCUT2D eigenvalue weighted by molar-refractivity contribution is 7.93. The number of primary amides is 1. The first kappa shape index (κ1) is 16.6. The zero-order chi connectivity index (χ0) is 16.5. The number of anilines is 1. The summed E-state index contributed by atoms with van der Waals surface area (Å²) in [4.78, 5) is 11.0. The molecule has 22 heavy (non-hydrogen) atoms. The fourth-order valence-corrected chi connectivity index (χ4v) is 3.75. The van der Waals surface area contributed by atoms with E-state index in [1.54, 1.807) is 0 Å². The lowest BCUT2D eigenvalue weighted by molar-refractivity contribution is 0.100. The van der Waals surface area contributed by atoms with Gasteiger partial charge in [0.2, 0.25) is 5.91 Å². The number of amides is 1. The molecule has 0 spiro atoms. The highest BCUT2D eigenvalue weighted by atomic mass is 35.5. The number of rotatable bonds is 4. The van der Waals surface area contributed by atoms with Crippen LogP contribution in [0.4, 0.5) is 5.69 Å². The topological polar surface area (TPSA) is 80.5 Å². The first-order valence-corrected chi connectivity index (χ1v) is 8.27. The molecule has 0 aromatic heterocycles. The Morgan fingerprint density at radius 2 is 1.68 bits per heavy atom. The van der Waals surface area contributed by atoms with Gasteiger partial charge in [-0.1, -0.05) is 23.2 Å². The van der Waals surface area contributed by atoms with E-state index in [1.165, 1.54) is 49.5 Å². The molecule has 0 aliphatic rings. The van der Waals surface area contributed by atoms with Gasteiger partial charge in [0.1, 0.15) is 4.90 Å². The van der Waals surface area contributed by atoms with Crippen molar-refractivity contribution >= 4 is 44.8 Å². The van der Waals surface area contributed by atoms with Crippen LogP contribution in [0.1, 0.15) is 10.4 Å². The first-order valence-electron chi connectivity index (χ1n) is 6.07. The number of carbonyl (C=O) groups excluding carboxylic acids is 1. The van der Waals surface area contributed by atoms with Gasteiger partial charge in [0.15, 0.2) is 0 Å². The van der Waals surface area contributed by atoms with Crippen molar-refractivity contribution in [3.63, 3.8) is 0 Å². The average molecular weight is 359 g/mol. The largest absolute Gasteiger partial charge is 0.366 e. The zero-order valence-corrected chi connectivity index (χ0v) is 13.8. The predicted octanol–water partition coefficient (Wildman–Crippen LogP) is 2.92. The van der Waals surface area contributed by atoms with Gasteiger partial charge in [0, 0.05) is 17.6 Å². The molecule has 1 amide bonds. The normalized spacial score (nSPS) is 11.2. The maximum absolute atomic E-state index is 12.6. The third kappa shape index (κ3) is 3.19. The van der Waals surface area contributed by atoms with Crippen molar-refractivity contribution in [3.05, 3.63) is 58.1 Å². The SMILES string of the molecule is CN(c1ccc(C(N)=O)cc1)S(=O)(=O)c1ccc(Cl)cc1Cl. The second-order valence-corrected chi connectivity index (χ2v) is 7.24. The van der Waals surface area contributed by atoms with E-state index in [1.807, 2.05) is 0 Å². The standard InChI is InChI=1S/C14H12Cl2N2O3S/c1-18(11-5-2-9(3-6-11)14(17)19)22(20,21)13-7-4-10(15)8-12(13)16/h2-8H,1H3,(H2,17,19). The summed E-state index contributed by atoms with van der Waals surface area (Å²) >= 11 is 11.7. The monoisotopic (exact) mass is 358 g/mol. The van der Waals surface area contributed by atoms with Crippen LogP contribution >= 0.6 is 23.2 Å². The first-order chi connectivity index (χ1) is 10.2. The molecule has 0 aliphatic carbocycles. The van der Waals surface area contributed by atoms with Crippen molar-refractivity contribution in [1.29, 1.82) is 0 Å². The number of sulfonamides is 1. The Balaban J connectivity index is 2.42.